The molecule has 1 aromatic rings. The highest BCUT2D eigenvalue weighted by Crippen LogP contribution is 2.07. The molecular formula is C9H17N3O2. The van der Waals surface area contributed by atoms with Gasteiger partial charge >= 0.3 is 6.01 Å². The zero-order valence-electron chi connectivity index (χ0n) is 8.91. The number of anilines is 1. The van der Waals surface area contributed by atoms with E-state index >= 15 is 0 Å². The summed E-state index contributed by atoms with van der Waals surface area (Å²) in [4.78, 5) is 4.18. The van der Waals surface area contributed by atoms with E-state index in [2.05, 4.69) is 29.3 Å². The molecule has 0 aromatic carbocycles. The standard InChI is InChI=1S/C9H17N3O2/c1-7(2)6-8-11-9(14-12-8)10-4-5-13-3/h7H,4-6H2,1-3H3,(H,10,11,12). The zero-order valence-corrected chi connectivity index (χ0v) is 8.91. The number of nitrogens with one attached hydrogen (secondary N) is 1. The molecule has 5 heteroatoms. The highest BCUT2D eigenvalue weighted by Gasteiger charge is 2.06. The van der Waals surface area contributed by atoms with Crippen LogP contribution in [-0.2, 0) is 11.2 Å². The molecule has 0 saturated heterocycles. The van der Waals surface area contributed by atoms with Gasteiger partial charge in [-0.15, -0.1) is 0 Å². The molecule has 80 valence electrons. The van der Waals surface area contributed by atoms with E-state index < -0.39 is 0 Å². The largest absolute Gasteiger partial charge is 0.383 e. The summed E-state index contributed by atoms with van der Waals surface area (Å²) in [7, 11) is 1.65. The molecule has 14 heavy (non-hydrogen) atoms. The monoisotopic (exact) mass is 199 g/mol. The van der Waals surface area contributed by atoms with E-state index in [0.29, 0.717) is 25.1 Å². The first-order valence-corrected chi connectivity index (χ1v) is 4.77. The highest BCUT2D eigenvalue weighted by atomic mass is 16.5. The van der Waals surface area contributed by atoms with Gasteiger partial charge in [-0.2, -0.15) is 4.98 Å². The van der Waals surface area contributed by atoms with Crippen LogP contribution >= 0.6 is 0 Å². The molecule has 1 heterocycles. The minimum atomic E-state index is 0.470. The SMILES string of the molecule is COCCNc1nc(CC(C)C)no1. The number of rotatable bonds is 6. The Kier molecular flexibility index (Phi) is 4.39. The Bertz CT molecular complexity index is 260. The Morgan fingerprint density at radius 1 is 1.50 bits per heavy atom. The van der Waals surface area contributed by atoms with Gasteiger partial charge in [-0.05, 0) is 5.92 Å². The topological polar surface area (TPSA) is 60.2 Å². The third-order valence-corrected chi connectivity index (χ3v) is 1.64. The van der Waals surface area contributed by atoms with Gasteiger partial charge in [0.1, 0.15) is 0 Å². The number of hydrogen-bond acceptors (Lipinski definition) is 5. The summed E-state index contributed by atoms with van der Waals surface area (Å²) in [6, 6.07) is 0.470. The Balaban J connectivity index is 2.35. The Morgan fingerprint density at radius 3 is 2.93 bits per heavy atom. The molecule has 1 aromatic heterocycles. The summed E-state index contributed by atoms with van der Waals surface area (Å²) in [6.45, 7) is 5.55. The van der Waals surface area contributed by atoms with Crippen molar-refractivity contribution in [3.63, 3.8) is 0 Å². The molecule has 0 amide bonds. The molecule has 0 bridgehead atoms. The van der Waals surface area contributed by atoms with Gasteiger partial charge in [0.05, 0.1) is 6.61 Å². The van der Waals surface area contributed by atoms with Crippen molar-refractivity contribution in [3.8, 4) is 0 Å². The molecule has 5 nitrogen and oxygen atoms in total. The van der Waals surface area contributed by atoms with E-state index in [1.807, 2.05) is 0 Å². The van der Waals surface area contributed by atoms with Crippen LogP contribution in [0.3, 0.4) is 0 Å². The van der Waals surface area contributed by atoms with Gasteiger partial charge in [0.25, 0.3) is 0 Å². The number of methoxy groups -OCH3 is 1. The number of hydrogen-bond donors (Lipinski definition) is 1. The van der Waals surface area contributed by atoms with E-state index in [0.717, 1.165) is 12.2 Å². The molecular weight excluding hydrogens is 182 g/mol. The Labute approximate surface area is 83.8 Å². The fourth-order valence-electron chi connectivity index (χ4n) is 1.03. The zero-order chi connectivity index (χ0) is 10.4. The summed E-state index contributed by atoms with van der Waals surface area (Å²) in [5.41, 5.74) is 0. The number of ether oxygens (including phenoxy) is 1. The predicted molar refractivity (Wildman–Crippen MR) is 53.2 cm³/mol. The maximum absolute atomic E-state index is 4.98. The van der Waals surface area contributed by atoms with Crippen molar-refractivity contribution in [1.82, 2.24) is 10.1 Å². The van der Waals surface area contributed by atoms with Crippen LogP contribution < -0.4 is 5.32 Å². The van der Waals surface area contributed by atoms with Crippen LogP contribution in [0.4, 0.5) is 6.01 Å². The lowest BCUT2D eigenvalue weighted by Crippen LogP contribution is -2.07. The number of aromatic nitrogens is 2. The van der Waals surface area contributed by atoms with E-state index in [1.54, 1.807) is 7.11 Å². The maximum Gasteiger partial charge on any atom is 0.321 e. The minimum absolute atomic E-state index is 0.470. The van der Waals surface area contributed by atoms with Crippen molar-refractivity contribution in [1.29, 1.82) is 0 Å². The first kappa shape index (κ1) is 11.0. The second kappa shape index (κ2) is 5.59. The van der Waals surface area contributed by atoms with Gasteiger partial charge in [0, 0.05) is 20.1 Å². The molecule has 0 aliphatic carbocycles. The first-order valence-electron chi connectivity index (χ1n) is 4.77. The van der Waals surface area contributed by atoms with Gasteiger partial charge in [0.15, 0.2) is 5.82 Å². The molecule has 0 atom stereocenters. The number of nitrogens with zero attached hydrogens (tertiary/aromatic N) is 2. The van der Waals surface area contributed by atoms with E-state index in [4.69, 9.17) is 9.26 Å². The summed E-state index contributed by atoms with van der Waals surface area (Å²) in [6.07, 6.45) is 0.843. The van der Waals surface area contributed by atoms with Gasteiger partial charge in [0.2, 0.25) is 0 Å². The highest BCUT2D eigenvalue weighted by molar-refractivity contribution is 5.17. The van der Waals surface area contributed by atoms with Crippen LogP contribution in [0.5, 0.6) is 0 Å². The summed E-state index contributed by atoms with van der Waals surface area (Å²) < 4.78 is 9.87. The van der Waals surface area contributed by atoms with Crippen LogP contribution in [0.1, 0.15) is 19.7 Å². The summed E-state index contributed by atoms with van der Waals surface area (Å²) in [5.74, 6) is 1.29. The smallest absolute Gasteiger partial charge is 0.321 e. The second-order valence-electron chi connectivity index (χ2n) is 3.53. The quantitative estimate of drug-likeness (QED) is 0.700. The van der Waals surface area contributed by atoms with Crippen LogP contribution in [0, 0.1) is 5.92 Å². The molecule has 0 aliphatic rings. The second-order valence-corrected chi connectivity index (χ2v) is 3.53. The fraction of sp³-hybridized carbons (Fsp3) is 0.778. The van der Waals surface area contributed by atoms with Crippen molar-refractivity contribution in [3.05, 3.63) is 5.82 Å². The van der Waals surface area contributed by atoms with Crippen molar-refractivity contribution in [2.45, 2.75) is 20.3 Å². The molecule has 1 rings (SSSR count). The molecule has 1 N–H and O–H groups in total. The Morgan fingerprint density at radius 2 is 2.29 bits per heavy atom. The lowest BCUT2D eigenvalue weighted by molar-refractivity contribution is 0.210. The third-order valence-electron chi connectivity index (χ3n) is 1.64. The van der Waals surface area contributed by atoms with E-state index in [-0.39, 0.29) is 0 Å². The lowest BCUT2D eigenvalue weighted by atomic mass is 10.1. The Hall–Kier alpha value is -1.10. The lowest BCUT2D eigenvalue weighted by Gasteiger charge is -1.98. The normalized spacial score (nSPS) is 10.9. The first-order chi connectivity index (χ1) is 6.72. The van der Waals surface area contributed by atoms with Gasteiger partial charge in [-0.25, -0.2) is 0 Å². The van der Waals surface area contributed by atoms with Gasteiger partial charge in [-0.1, -0.05) is 19.0 Å². The summed E-state index contributed by atoms with van der Waals surface area (Å²) in [5, 5.41) is 6.82. The van der Waals surface area contributed by atoms with Crippen LogP contribution in [0.2, 0.25) is 0 Å². The van der Waals surface area contributed by atoms with Crippen LogP contribution in [-0.4, -0.2) is 30.4 Å². The summed E-state index contributed by atoms with van der Waals surface area (Å²) >= 11 is 0. The molecule has 0 unspecified atom stereocenters. The maximum atomic E-state index is 4.98. The molecule has 0 aliphatic heterocycles. The third kappa shape index (κ3) is 3.74. The van der Waals surface area contributed by atoms with Gasteiger partial charge in [-0.3, -0.25) is 0 Å². The van der Waals surface area contributed by atoms with Crippen molar-refractivity contribution in [2.75, 3.05) is 25.6 Å². The van der Waals surface area contributed by atoms with Crippen LogP contribution in [0.15, 0.2) is 4.52 Å². The predicted octanol–water partition coefficient (Wildman–Crippen LogP) is 1.33. The molecule has 0 fully saturated rings. The van der Waals surface area contributed by atoms with E-state index in [1.165, 1.54) is 0 Å². The van der Waals surface area contributed by atoms with Crippen molar-refractivity contribution >= 4 is 6.01 Å². The van der Waals surface area contributed by atoms with E-state index in [9.17, 15) is 0 Å². The molecule has 0 saturated carbocycles. The molecule has 0 radical (unpaired) electrons. The van der Waals surface area contributed by atoms with Crippen molar-refractivity contribution in [2.24, 2.45) is 5.92 Å². The van der Waals surface area contributed by atoms with Crippen LogP contribution in [0.25, 0.3) is 0 Å². The average molecular weight is 199 g/mol. The van der Waals surface area contributed by atoms with Crippen molar-refractivity contribution < 1.29 is 9.26 Å². The average Bonchev–Trinajstić information content (AvgIpc) is 2.52. The minimum Gasteiger partial charge on any atom is -0.383 e. The fourth-order valence-corrected chi connectivity index (χ4v) is 1.03. The van der Waals surface area contributed by atoms with Gasteiger partial charge < -0.3 is 14.6 Å². The molecule has 0 spiro atoms.